The van der Waals surface area contributed by atoms with E-state index in [-0.39, 0.29) is 10.9 Å². The molecule has 1 saturated heterocycles. The minimum absolute atomic E-state index is 0.249. The predicted molar refractivity (Wildman–Crippen MR) is 84.1 cm³/mol. The molecule has 1 aliphatic rings. The minimum Gasteiger partial charge on any atom is -0.398 e. The van der Waals surface area contributed by atoms with Crippen LogP contribution in [0.3, 0.4) is 0 Å². The molecule has 1 aromatic rings. The molecule has 7 heteroatoms. The highest BCUT2D eigenvalue weighted by molar-refractivity contribution is 9.10. The fraction of sp³-hybridized carbons (Fsp3) is 0.538. The number of anilines is 1. The number of likely N-dealkylation sites (N-methyl/N-ethyl adjacent to an activating group) is 1. The van der Waals surface area contributed by atoms with E-state index in [1.54, 1.807) is 13.0 Å². The summed E-state index contributed by atoms with van der Waals surface area (Å²) < 4.78 is 28.2. The molecule has 2 rings (SSSR count). The maximum absolute atomic E-state index is 12.4. The Labute approximate surface area is 128 Å². The summed E-state index contributed by atoms with van der Waals surface area (Å²) in [6.07, 6.45) is 2.15. The summed E-state index contributed by atoms with van der Waals surface area (Å²) in [4.78, 5) is 2.43. The van der Waals surface area contributed by atoms with E-state index in [1.165, 1.54) is 6.07 Å². The van der Waals surface area contributed by atoms with E-state index in [0.29, 0.717) is 22.3 Å². The van der Waals surface area contributed by atoms with Gasteiger partial charge in [0.15, 0.2) is 0 Å². The number of nitrogens with two attached hydrogens (primary N) is 1. The quantitative estimate of drug-likeness (QED) is 0.800. The molecule has 0 saturated carbocycles. The van der Waals surface area contributed by atoms with Gasteiger partial charge in [-0.2, -0.15) is 0 Å². The van der Waals surface area contributed by atoms with Gasteiger partial charge in [-0.3, -0.25) is 0 Å². The lowest BCUT2D eigenvalue weighted by Crippen LogP contribution is -2.38. The van der Waals surface area contributed by atoms with E-state index in [1.807, 2.05) is 7.05 Å². The van der Waals surface area contributed by atoms with Crippen LogP contribution < -0.4 is 10.5 Å². The van der Waals surface area contributed by atoms with Gasteiger partial charge >= 0.3 is 0 Å². The van der Waals surface area contributed by atoms with E-state index in [9.17, 15) is 8.42 Å². The Morgan fingerprint density at radius 1 is 1.50 bits per heavy atom. The lowest BCUT2D eigenvalue weighted by Gasteiger charge is -2.20. The van der Waals surface area contributed by atoms with Gasteiger partial charge in [-0.1, -0.05) is 0 Å². The SMILES string of the molecule is Cc1cc(Br)c(N)cc1S(=O)(=O)NCC1CCCN1C. The molecule has 1 aromatic carbocycles. The van der Waals surface area contributed by atoms with Crippen molar-refractivity contribution in [2.24, 2.45) is 0 Å². The van der Waals surface area contributed by atoms with Crippen LogP contribution in [0, 0.1) is 6.92 Å². The molecule has 1 atom stereocenters. The summed E-state index contributed by atoms with van der Waals surface area (Å²) in [6.45, 7) is 3.23. The summed E-state index contributed by atoms with van der Waals surface area (Å²) in [5.41, 5.74) is 6.88. The number of nitrogen functional groups attached to an aromatic ring is 1. The Balaban J connectivity index is 2.16. The third-order valence-electron chi connectivity index (χ3n) is 3.76. The summed E-state index contributed by atoms with van der Waals surface area (Å²) in [5.74, 6) is 0. The van der Waals surface area contributed by atoms with Gasteiger partial charge in [0.2, 0.25) is 10.0 Å². The van der Waals surface area contributed by atoms with Gasteiger partial charge in [0.05, 0.1) is 4.90 Å². The van der Waals surface area contributed by atoms with Gasteiger partial charge in [-0.05, 0) is 67.0 Å². The molecule has 0 aromatic heterocycles. The number of aryl methyl sites for hydroxylation is 1. The van der Waals surface area contributed by atoms with Crippen molar-refractivity contribution in [3.63, 3.8) is 0 Å². The molecule has 0 bridgehead atoms. The van der Waals surface area contributed by atoms with Crippen molar-refractivity contribution < 1.29 is 8.42 Å². The fourth-order valence-corrected chi connectivity index (χ4v) is 4.27. The number of halogens is 1. The molecule has 5 nitrogen and oxygen atoms in total. The second-order valence-electron chi connectivity index (χ2n) is 5.27. The molecule has 112 valence electrons. The van der Waals surface area contributed by atoms with Gasteiger partial charge < -0.3 is 10.6 Å². The lowest BCUT2D eigenvalue weighted by molar-refractivity contribution is 0.311. The zero-order valence-electron chi connectivity index (χ0n) is 11.7. The van der Waals surface area contributed by atoms with Crippen LogP contribution in [0.15, 0.2) is 21.5 Å². The molecule has 1 unspecified atom stereocenters. The van der Waals surface area contributed by atoms with Crippen LogP contribution >= 0.6 is 15.9 Å². The number of nitrogens with zero attached hydrogens (tertiary/aromatic N) is 1. The first kappa shape index (κ1) is 15.8. The first-order valence-corrected chi connectivity index (χ1v) is 8.84. The lowest BCUT2D eigenvalue weighted by atomic mass is 10.2. The van der Waals surface area contributed by atoms with Crippen LogP contribution in [0.5, 0.6) is 0 Å². The van der Waals surface area contributed by atoms with Gasteiger partial charge in [-0.25, -0.2) is 13.1 Å². The Kier molecular flexibility index (Phi) is 4.73. The third-order valence-corrected chi connectivity index (χ3v) is 6.02. The van der Waals surface area contributed by atoms with Crippen molar-refractivity contribution in [2.75, 3.05) is 25.9 Å². The number of hydrogen-bond donors (Lipinski definition) is 2. The normalized spacial score (nSPS) is 20.4. The summed E-state index contributed by atoms with van der Waals surface area (Å²) in [6, 6.07) is 3.50. The first-order chi connectivity index (χ1) is 9.31. The first-order valence-electron chi connectivity index (χ1n) is 6.57. The average Bonchev–Trinajstić information content (AvgIpc) is 2.77. The van der Waals surface area contributed by atoms with Crippen molar-refractivity contribution in [1.82, 2.24) is 9.62 Å². The topological polar surface area (TPSA) is 75.4 Å². The Morgan fingerprint density at radius 2 is 2.20 bits per heavy atom. The summed E-state index contributed by atoms with van der Waals surface area (Å²) in [5, 5.41) is 0. The molecule has 1 fully saturated rings. The molecule has 3 N–H and O–H groups in total. The van der Waals surface area contributed by atoms with Crippen molar-refractivity contribution in [3.05, 3.63) is 22.2 Å². The zero-order chi connectivity index (χ0) is 14.9. The van der Waals surface area contributed by atoms with Crippen LogP contribution in [0.4, 0.5) is 5.69 Å². The Hall–Kier alpha value is -0.630. The highest BCUT2D eigenvalue weighted by atomic mass is 79.9. The van der Waals surface area contributed by atoms with Gasteiger partial charge in [0, 0.05) is 22.7 Å². The molecule has 0 radical (unpaired) electrons. The van der Waals surface area contributed by atoms with Gasteiger partial charge in [-0.15, -0.1) is 0 Å². The van der Waals surface area contributed by atoms with E-state index < -0.39 is 10.0 Å². The predicted octanol–water partition coefficient (Wildman–Crippen LogP) is 1.71. The van der Waals surface area contributed by atoms with E-state index in [0.717, 1.165) is 19.4 Å². The zero-order valence-corrected chi connectivity index (χ0v) is 14.1. The van der Waals surface area contributed by atoms with Crippen LogP contribution in [0.1, 0.15) is 18.4 Å². The molecule has 0 aliphatic carbocycles. The van der Waals surface area contributed by atoms with Crippen molar-refractivity contribution in [3.8, 4) is 0 Å². The molecule has 20 heavy (non-hydrogen) atoms. The smallest absolute Gasteiger partial charge is 0.240 e. The van der Waals surface area contributed by atoms with E-state index in [4.69, 9.17) is 5.73 Å². The maximum Gasteiger partial charge on any atom is 0.240 e. The number of likely N-dealkylation sites (tertiary alicyclic amines) is 1. The summed E-state index contributed by atoms with van der Waals surface area (Å²) >= 11 is 3.30. The van der Waals surface area contributed by atoms with Crippen molar-refractivity contribution in [2.45, 2.75) is 30.7 Å². The number of rotatable bonds is 4. The number of benzene rings is 1. The van der Waals surface area contributed by atoms with Crippen LogP contribution in [-0.2, 0) is 10.0 Å². The van der Waals surface area contributed by atoms with E-state index >= 15 is 0 Å². The monoisotopic (exact) mass is 361 g/mol. The molecule has 0 amide bonds. The molecule has 0 spiro atoms. The summed E-state index contributed by atoms with van der Waals surface area (Å²) in [7, 11) is -1.50. The van der Waals surface area contributed by atoms with Gasteiger partial charge in [0.25, 0.3) is 0 Å². The second kappa shape index (κ2) is 6.01. The maximum atomic E-state index is 12.4. The van der Waals surface area contributed by atoms with Crippen LogP contribution in [-0.4, -0.2) is 39.5 Å². The minimum atomic E-state index is -3.52. The number of nitrogens with one attached hydrogen (secondary N) is 1. The van der Waals surface area contributed by atoms with Crippen molar-refractivity contribution in [1.29, 1.82) is 0 Å². The Morgan fingerprint density at radius 3 is 2.80 bits per heavy atom. The number of sulfonamides is 1. The molecule has 1 aliphatic heterocycles. The number of hydrogen-bond acceptors (Lipinski definition) is 4. The third kappa shape index (κ3) is 3.33. The van der Waals surface area contributed by atoms with Crippen LogP contribution in [0.25, 0.3) is 0 Å². The standard InChI is InChI=1S/C13H20BrN3O2S/c1-9-6-11(14)12(15)7-13(9)20(18,19)16-8-10-4-3-5-17(10)2/h6-7,10,16H,3-5,8,15H2,1-2H3. The largest absolute Gasteiger partial charge is 0.398 e. The molecule has 1 heterocycles. The van der Waals surface area contributed by atoms with Crippen molar-refractivity contribution >= 4 is 31.6 Å². The molecular weight excluding hydrogens is 342 g/mol. The van der Waals surface area contributed by atoms with Gasteiger partial charge in [0.1, 0.15) is 0 Å². The highest BCUT2D eigenvalue weighted by Crippen LogP contribution is 2.26. The fourth-order valence-electron chi connectivity index (χ4n) is 2.48. The van der Waals surface area contributed by atoms with Crippen LogP contribution in [0.2, 0.25) is 0 Å². The highest BCUT2D eigenvalue weighted by Gasteiger charge is 2.24. The molecular formula is C13H20BrN3O2S. The Bertz CT molecular complexity index is 604. The second-order valence-corrected chi connectivity index (χ2v) is 7.86. The van der Waals surface area contributed by atoms with E-state index in [2.05, 4.69) is 25.6 Å². The average molecular weight is 362 g/mol.